The van der Waals surface area contributed by atoms with E-state index in [9.17, 15) is 8.42 Å². The summed E-state index contributed by atoms with van der Waals surface area (Å²) in [6, 6.07) is -0.590. The fourth-order valence-corrected chi connectivity index (χ4v) is 3.34. The van der Waals surface area contributed by atoms with Gasteiger partial charge < -0.3 is 10.5 Å². The van der Waals surface area contributed by atoms with Gasteiger partial charge in [-0.05, 0) is 19.3 Å². The monoisotopic (exact) mass is 249 g/mol. The molecule has 1 aliphatic rings. The Labute approximate surface area is 96.1 Å². The minimum Gasteiger partial charge on any atom is -0.386 e. The molecular weight excluding hydrogens is 230 g/mol. The summed E-state index contributed by atoms with van der Waals surface area (Å²) in [6.45, 7) is 2.74. The van der Waals surface area contributed by atoms with Crippen LogP contribution in [0.2, 0.25) is 0 Å². The number of rotatable bonds is 5. The van der Waals surface area contributed by atoms with Gasteiger partial charge in [0, 0.05) is 13.2 Å². The van der Waals surface area contributed by atoms with Crippen LogP contribution in [0.25, 0.3) is 0 Å². The first-order chi connectivity index (χ1) is 7.47. The van der Waals surface area contributed by atoms with Crippen molar-refractivity contribution < 1.29 is 13.2 Å². The van der Waals surface area contributed by atoms with Gasteiger partial charge in [0.1, 0.15) is 5.84 Å². The molecule has 0 aromatic heterocycles. The molecule has 1 rings (SSSR count). The third kappa shape index (κ3) is 3.43. The highest BCUT2D eigenvalue weighted by molar-refractivity contribution is 7.90. The van der Waals surface area contributed by atoms with E-state index in [1.54, 1.807) is 6.92 Å². The highest BCUT2D eigenvalue weighted by Crippen LogP contribution is 2.15. The van der Waals surface area contributed by atoms with Crippen LogP contribution in [0.1, 0.15) is 26.2 Å². The van der Waals surface area contributed by atoms with Crippen LogP contribution >= 0.6 is 0 Å². The molecule has 6 nitrogen and oxygen atoms in total. The molecule has 0 aromatic carbocycles. The van der Waals surface area contributed by atoms with Gasteiger partial charge in [0.2, 0.25) is 10.0 Å². The second-order valence-electron chi connectivity index (χ2n) is 3.89. The van der Waals surface area contributed by atoms with E-state index in [1.807, 2.05) is 0 Å². The molecule has 0 aromatic rings. The first-order valence-corrected chi connectivity index (χ1v) is 6.94. The number of ether oxygens (including phenoxy) is 1. The Balaban J connectivity index is 2.65. The predicted octanol–water partition coefficient (Wildman–Crippen LogP) is -0.201. The van der Waals surface area contributed by atoms with Crippen molar-refractivity contribution in [3.63, 3.8) is 0 Å². The van der Waals surface area contributed by atoms with Gasteiger partial charge in [0.25, 0.3) is 0 Å². The molecule has 7 heteroatoms. The van der Waals surface area contributed by atoms with Crippen LogP contribution < -0.4 is 10.5 Å². The highest BCUT2D eigenvalue weighted by atomic mass is 32.2. The molecule has 4 N–H and O–H groups in total. The molecule has 94 valence electrons. The molecule has 0 bridgehead atoms. The summed E-state index contributed by atoms with van der Waals surface area (Å²) >= 11 is 0. The van der Waals surface area contributed by atoms with Crippen LogP contribution in [0, 0.1) is 5.41 Å². The molecule has 16 heavy (non-hydrogen) atoms. The number of hydrogen-bond acceptors (Lipinski definition) is 4. The van der Waals surface area contributed by atoms with Crippen molar-refractivity contribution in [2.75, 3.05) is 13.2 Å². The lowest BCUT2D eigenvalue weighted by Gasteiger charge is -2.24. The Bertz CT molecular complexity index is 336. The normalized spacial score (nSPS) is 20.6. The summed E-state index contributed by atoms with van der Waals surface area (Å²) in [7, 11) is -3.39. The van der Waals surface area contributed by atoms with Crippen molar-refractivity contribution in [3.8, 4) is 0 Å². The molecule has 0 spiro atoms. The van der Waals surface area contributed by atoms with Gasteiger partial charge in [-0.1, -0.05) is 6.92 Å². The standard InChI is InChI=1S/C9H19N3O3S/c1-2-8(9(10)11)12-16(13,14)7-3-5-15-6-4-7/h7-8,12H,2-6H2,1H3,(H3,10,11). The van der Waals surface area contributed by atoms with Crippen LogP contribution in [0.15, 0.2) is 0 Å². The zero-order valence-corrected chi connectivity index (χ0v) is 10.2. The number of sulfonamides is 1. The van der Waals surface area contributed by atoms with Crippen molar-refractivity contribution in [2.45, 2.75) is 37.5 Å². The van der Waals surface area contributed by atoms with Crippen LogP contribution in [-0.2, 0) is 14.8 Å². The van der Waals surface area contributed by atoms with E-state index >= 15 is 0 Å². The average Bonchev–Trinajstić information content (AvgIpc) is 2.27. The first-order valence-electron chi connectivity index (χ1n) is 5.40. The summed E-state index contributed by atoms with van der Waals surface area (Å²) in [5.41, 5.74) is 5.32. The maximum Gasteiger partial charge on any atom is 0.215 e. The van der Waals surface area contributed by atoms with E-state index in [0.717, 1.165) is 0 Å². The van der Waals surface area contributed by atoms with Gasteiger partial charge in [0.05, 0.1) is 11.3 Å². The zero-order valence-electron chi connectivity index (χ0n) is 9.40. The van der Waals surface area contributed by atoms with E-state index in [4.69, 9.17) is 15.9 Å². The van der Waals surface area contributed by atoms with Crippen molar-refractivity contribution >= 4 is 15.9 Å². The fourth-order valence-electron chi connectivity index (χ4n) is 1.65. The van der Waals surface area contributed by atoms with Gasteiger partial charge in [-0.15, -0.1) is 0 Å². The number of nitrogens with one attached hydrogen (secondary N) is 2. The van der Waals surface area contributed by atoms with E-state index < -0.39 is 21.3 Å². The molecule has 0 amide bonds. The summed E-state index contributed by atoms with van der Waals surface area (Å²) in [5.74, 6) is -0.141. The largest absolute Gasteiger partial charge is 0.386 e. The van der Waals surface area contributed by atoms with Crippen LogP contribution in [0.5, 0.6) is 0 Å². The van der Waals surface area contributed by atoms with E-state index in [0.29, 0.717) is 32.5 Å². The molecule has 0 saturated carbocycles. The van der Waals surface area contributed by atoms with Crippen molar-refractivity contribution in [1.82, 2.24) is 4.72 Å². The minimum absolute atomic E-state index is 0.141. The van der Waals surface area contributed by atoms with E-state index in [2.05, 4.69) is 4.72 Å². The number of hydrogen-bond donors (Lipinski definition) is 3. The molecule has 1 unspecified atom stereocenters. The van der Waals surface area contributed by atoms with Crippen LogP contribution in [0.4, 0.5) is 0 Å². The third-order valence-electron chi connectivity index (χ3n) is 2.70. The molecular formula is C9H19N3O3S. The molecule has 1 fully saturated rings. The molecule has 0 aliphatic carbocycles. The van der Waals surface area contributed by atoms with Crippen molar-refractivity contribution in [3.05, 3.63) is 0 Å². The topological polar surface area (TPSA) is 105 Å². The van der Waals surface area contributed by atoms with Gasteiger partial charge >= 0.3 is 0 Å². The number of amidine groups is 1. The second-order valence-corrected chi connectivity index (χ2v) is 5.88. The fraction of sp³-hybridized carbons (Fsp3) is 0.889. The van der Waals surface area contributed by atoms with Gasteiger partial charge in [-0.3, -0.25) is 5.41 Å². The maximum atomic E-state index is 11.9. The van der Waals surface area contributed by atoms with E-state index in [1.165, 1.54) is 0 Å². The summed E-state index contributed by atoms with van der Waals surface area (Å²) in [6.07, 6.45) is 1.49. The lowest BCUT2D eigenvalue weighted by molar-refractivity contribution is 0.0981. The first kappa shape index (κ1) is 13.4. The maximum absolute atomic E-state index is 11.9. The Kier molecular flexibility index (Phi) is 4.69. The van der Waals surface area contributed by atoms with Crippen LogP contribution in [-0.4, -0.2) is 38.8 Å². The molecule has 0 radical (unpaired) electrons. The zero-order chi connectivity index (χ0) is 12.2. The second kappa shape index (κ2) is 5.60. The third-order valence-corrected chi connectivity index (χ3v) is 4.66. The van der Waals surface area contributed by atoms with Gasteiger partial charge in [0.15, 0.2) is 0 Å². The molecule has 1 heterocycles. The smallest absolute Gasteiger partial charge is 0.215 e. The predicted molar refractivity (Wildman–Crippen MR) is 61.9 cm³/mol. The van der Waals surface area contributed by atoms with Gasteiger partial charge in [-0.25, -0.2) is 13.1 Å². The quantitative estimate of drug-likeness (QED) is 0.463. The molecule has 1 atom stereocenters. The van der Waals surface area contributed by atoms with Crippen LogP contribution in [0.3, 0.4) is 0 Å². The van der Waals surface area contributed by atoms with Gasteiger partial charge in [-0.2, -0.15) is 0 Å². The Morgan fingerprint density at radius 1 is 1.56 bits per heavy atom. The summed E-state index contributed by atoms with van der Waals surface area (Å²) in [4.78, 5) is 0. The van der Waals surface area contributed by atoms with E-state index in [-0.39, 0.29) is 5.84 Å². The van der Waals surface area contributed by atoms with Crippen molar-refractivity contribution in [2.24, 2.45) is 5.73 Å². The molecule has 1 saturated heterocycles. The highest BCUT2D eigenvalue weighted by Gasteiger charge is 2.29. The lowest BCUT2D eigenvalue weighted by atomic mass is 10.2. The Morgan fingerprint density at radius 3 is 2.56 bits per heavy atom. The lowest BCUT2D eigenvalue weighted by Crippen LogP contribution is -2.48. The SMILES string of the molecule is CCC(NS(=O)(=O)C1CCOCC1)C(=N)N. The minimum atomic E-state index is -3.39. The Morgan fingerprint density at radius 2 is 2.12 bits per heavy atom. The average molecular weight is 249 g/mol. The Hall–Kier alpha value is -0.660. The summed E-state index contributed by atoms with van der Waals surface area (Å²) < 4.78 is 31.5. The summed E-state index contributed by atoms with van der Waals surface area (Å²) in [5, 5.41) is 6.85. The van der Waals surface area contributed by atoms with Crippen molar-refractivity contribution in [1.29, 1.82) is 5.41 Å². The number of nitrogens with two attached hydrogens (primary N) is 1. The molecule has 1 aliphatic heterocycles.